The van der Waals surface area contributed by atoms with Crippen molar-refractivity contribution in [2.45, 2.75) is 22.2 Å². The van der Waals surface area contributed by atoms with Crippen molar-refractivity contribution in [2.24, 2.45) is 5.73 Å². The molecule has 0 spiro atoms. The zero-order chi connectivity index (χ0) is 11.5. The number of benzene rings is 1. The Morgan fingerprint density at radius 2 is 2.31 bits per heavy atom. The van der Waals surface area contributed by atoms with Crippen LogP contribution in [0.5, 0.6) is 0 Å². The summed E-state index contributed by atoms with van der Waals surface area (Å²) in [5.41, 5.74) is 8.21. The van der Waals surface area contributed by atoms with Gasteiger partial charge >= 0.3 is 0 Å². The Morgan fingerprint density at radius 3 is 2.94 bits per heavy atom. The largest absolute Gasteiger partial charge is 0.324 e. The minimum atomic E-state index is -0.269. The van der Waals surface area contributed by atoms with Gasteiger partial charge in [-0.1, -0.05) is 35.2 Å². The van der Waals surface area contributed by atoms with Crippen molar-refractivity contribution >= 4 is 23.1 Å². The minimum Gasteiger partial charge on any atom is -0.324 e. The van der Waals surface area contributed by atoms with E-state index in [1.54, 1.807) is 11.6 Å². The van der Waals surface area contributed by atoms with E-state index in [2.05, 4.69) is 10.2 Å². The maximum absolute atomic E-state index is 13.7. The SMILES string of the molecule is C[C@H](N)c1cccc(F)c1Sc1nncs1. The zero-order valence-electron chi connectivity index (χ0n) is 8.55. The molecule has 0 aliphatic carbocycles. The highest BCUT2D eigenvalue weighted by Crippen LogP contribution is 2.35. The molecule has 0 radical (unpaired) electrons. The van der Waals surface area contributed by atoms with Crippen LogP contribution < -0.4 is 5.73 Å². The van der Waals surface area contributed by atoms with Gasteiger partial charge < -0.3 is 5.73 Å². The molecule has 0 aliphatic rings. The van der Waals surface area contributed by atoms with Crippen LogP contribution in [0.1, 0.15) is 18.5 Å². The highest BCUT2D eigenvalue weighted by molar-refractivity contribution is 8.01. The monoisotopic (exact) mass is 255 g/mol. The third-order valence-corrected chi connectivity index (χ3v) is 3.93. The van der Waals surface area contributed by atoms with Gasteiger partial charge in [0.1, 0.15) is 11.3 Å². The van der Waals surface area contributed by atoms with Gasteiger partial charge in [0.25, 0.3) is 0 Å². The lowest BCUT2D eigenvalue weighted by molar-refractivity contribution is 0.591. The summed E-state index contributed by atoms with van der Waals surface area (Å²) in [5, 5.41) is 7.59. The third kappa shape index (κ3) is 2.40. The van der Waals surface area contributed by atoms with E-state index in [-0.39, 0.29) is 11.9 Å². The molecule has 0 bridgehead atoms. The van der Waals surface area contributed by atoms with E-state index in [0.717, 1.165) is 5.56 Å². The minimum absolute atomic E-state index is 0.203. The molecule has 0 saturated carbocycles. The van der Waals surface area contributed by atoms with E-state index in [4.69, 9.17) is 5.73 Å². The van der Waals surface area contributed by atoms with Crippen LogP contribution in [0.2, 0.25) is 0 Å². The topological polar surface area (TPSA) is 51.8 Å². The number of hydrogen-bond acceptors (Lipinski definition) is 5. The number of rotatable bonds is 3. The van der Waals surface area contributed by atoms with E-state index in [1.165, 1.54) is 29.2 Å². The Bertz CT molecular complexity index is 471. The number of aromatic nitrogens is 2. The number of nitrogens with zero attached hydrogens (tertiary/aromatic N) is 2. The van der Waals surface area contributed by atoms with Gasteiger partial charge in [0, 0.05) is 6.04 Å². The van der Waals surface area contributed by atoms with Gasteiger partial charge in [0.2, 0.25) is 0 Å². The molecule has 0 fully saturated rings. The first kappa shape index (κ1) is 11.5. The first-order chi connectivity index (χ1) is 7.68. The molecule has 0 saturated heterocycles. The van der Waals surface area contributed by atoms with E-state index in [1.807, 2.05) is 13.0 Å². The molecule has 2 rings (SSSR count). The normalized spacial score (nSPS) is 12.7. The molecule has 1 aromatic heterocycles. The molecule has 6 heteroatoms. The molecule has 1 atom stereocenters. The molecule has 3 nitrogen and oxygen atoms in total. The fourth-order valence-electron chi connectivity index (χ4n) is 1.29. The van der Waals surface area contributed by atoms with Gasteiger partial charge in [0.05, 0.1) is 4.90 Å². The first-order valence-corrected chi connectivity index (χ1v) is 6.36. The quantitative estimate of drug-likeness (QED) is 0.916. The van der Waals surface area contributed by atoms with Gasteiger partial charge in [0.15, 0.2) is 4.34 Å². The predicted octanol–water partition coefficient (Wildman–Crippen LogP) is 2.85. The Labute approximate surface area is 101 Å². The Balaban J connectivity index is 2.38. The summed E-state index contributed by atoms with van der Waals surface area (Å²) < 4.78 is 14.4. The average Bonchev–Trinajstić information content (AvgIpc) is 2.73. The number of nitrogens with two attached hydrogens (primary N) is 1. The van der Waals surface area contributed by atoms with Crippen molar-refractivity contribution < 1.29 is 4.39 Å². The van der Waals surface area contributed by atoms with Crippen LogP contribution in [0, 0.1) is 5.82 Å². The standard InChI is InChI=1S/C10H10FN3S2/c1-6(12)7-3-2-4-8(11)9(7)16-10-14-13-5-15-10/h2-6H,12H2,1H3/t6-/m0/s1. The molecule has 0 aliphatic heterocycles. The van der Waals surface area contributed by atoms with Gasteiger partial charge in [-0.25, -0.2) is 4.39 Å². The Kier molecular flexibility index (Phi) is 3.52. The summed E-state index contributed by atoms with van der Waals surface area (Å²) in [5.74, 6) is -0.269. The summed E-state index contributed by atoms with van der Waals surface area (Å²) in [4.78, 5) is 0.536. The van der Waals surface area contributed by atoms with Crippen molar-refractivity contribution in [1.82, 2.24) is 10.2 Å². The first-order valence-electron chi connectivity index (χ1n) is 4.66. The van der Waals surface area contributed by atoms with Crippen LogP contribution in [0.25, 0.3) is 0 Å². The highest BCUT2D eigenvalue weighted by Gasteiger charge is 2.14. The summed E-state index contributed by atoms with van der Waals surface area (Å²) in [7, 11) is 0. The van der Waals surface area contributed by atoms with Crippen LogP contribution in [0.3, 0.4) is 0 Å². The maximum Gasteiger partial charge on any atom is 0.178 e. The van der Waals surface area contributed by atoms with Crippen molar-refractivity contribution in [2.75, 3.05) is 0 Å². The van der Waals surface area contributed by atoms with Crippen molar-refractivity contribution in [3.05, 3.63) is 35.1 Å². The summed E-state index contributed by atoms with van der Waals surface area (Å²) in [6.45, 7) is 1.83. The molecule has 2 N–H and O–H groups in total. The fraction of sp³-hybridized carbons (Fsp3) is 0.200. The summed E-state index contributed by atoms with van der Waals surface area (Å²) in [6, 6.07) is 4.72. The van der Waals surface area contributed by atoms with Gasteiger partial charge in [-0.05, 0) is 18.6 Å². The molecule has 0 amide bonds. The Morgan fingerprint density at radius 1 is 1.50 bits per heavy atom. The molecule has 1 aromatic carbocycles. The van der Waals surface area contributed by atoms with E-state index in [9.17, 15) is 4.39 Å². The van der Waals surface area contributed by atoms with Gasteiger partial charge in [-0.3, -0.25) is 0 Å². The average molecular weight is 255 g/mol. The molecule has 0 unspecified atom stereocenters. The molecule has 2 aromatic rings. The van der Waals surface area contributed by atoms with Crippen molar-refractivity contribution in [3.63, 3.8) is 0 Å². The smallest absolute Gasteiger partial charge is 0.178 e. The highest BCUT2D eigenvalue weighted by atomic mass is 32.2. The van der Waals surface area contributed by atoms with E-state index < -0.39 is 0 Å². The zero-order valence-corrected chi connectivity index (χ0v) is 10.2. The lowest BCUT2D eigenvalue weighted by Gasteiger charge is -2.11. The van der Waals surface area contributed by atoms with Gasteiger partial charge in [-0.2, -0.15) is 0 Å². The second-order valence-electron chi connectivity index (χ2n) is 3.25. The van der Waals surface area contributed by atoms with E-state index >= 15 is 0 Å². The fourth-order valence-corrected chi connectivity index (χ4v) is 2.94. The summed E-state index contributed by atoms with van der Waals surface area (Å²) in [6.07, 6.45) is 0. The second-order valence-corrected chi connectivity index (χ2v) is 5.34. The van der Waals surface area contributed by atoms with Crippen molar-refractivity contribution in [3.8, 4) is 0 Å². The lowest BCUT2D eigenvalue weighted by atomic mass is 10.1. The number of hydrogen-bond donors (Lipinski definition) is 1. The predicted molar refractivity (Wildman–Crippen MR) is 63.0 cm³/mol. The summed E-state index contributed by atoms with van der Waals surface area (Å²) >= 11 is 2.65. The van der Waals surface area contributed by atoms with E-state index in [0.29, 0.717) is 9.24 Å². The van der Waals surface area contributed by atoms with Crippen LogP contribution >= 0.6 is 23.1 Å². The lowest BCUT2D eigenvalue weighted by Crippen LogP contribution is -2.07. The maximum atomic E-state index is 13.7. The van der Waals surface area contributed by atoms with Gasteiger partial charge in [-0.15, -0.1) is 10.2 Å². The number of halogens is 1. The van der Waals surface area contributed by atoms with Crippen LogP contribution in [0.15, 0.2) is 32.9 Å². The molecular formula is C10H10FN3S2. The van der Waals surface area contributed by atoms with Crippen molar-refractivity contribution in [1.29, 1.82) is 0 Å². The molecule has 16 heavy (non-hydrogen) atoms. The second kappa shape index (κ2) is 4.90. The van der Waals surface area contributed by atoms with Crippen LogP contribution in [-0.2, 0) is 0 Å². The third-order valence-electron chi connectivity index (χ3n) is 2.02. The molecular weight excluding hydrogens is 245 g/mol. The van der Waals surface area contributed by atoms with Crippen LogP contribution in [-0.4, -0.2) is 10.2 Å². The molecule has 84 valence electrons. The molecule has 1 heterocycles. The Hall–Kier alpha value is -0.980. The van der Waals surface area contributed by atoms with Crippen LogP contribution in [0.4, 0.5) is 4.39 Å².